The molecule has 0 aliphatic heterocycles. The molecule has 3 aliphatic rings. The van der Waals surface area contributed by atoms with Crippen LogP contribution in [0.3, 0.4) is 0 Å². The van der Waals surface area contributed by atoms with Gasteiger partial charge >= 0.3 is 0 Å². The van der Waals surface area contributed by atoms with Crippen LogP contribution in [0.2, 0.25) is 0 Å². The van der Waals surface area contributed by atoms with E-state index in [4.69, 9.17) is 0 Å². The summed E-state index contributed by atoms with van der Waals surface area (Å²) in [6.45, 7) is 0. The molecule has 1 aromatic heterocycles. The van der Waals surface area contributed by atoms with Gasteiger partial charge in [0.2, 0.25) is 0 Å². The molecule has 0 amide bonds. The molecule has 3 aliphatic carbocycles. The number of thiophene rings is 1. The Hall–Kier alpha value is -3.88. The molecule has 1 spiro atoms. The highest BCUT2D eigenvalue weighted by atomic mass is 32.1. The largest absolute Gasteiger partial charge is 0.310 e. The van der Waals surface area contributed by atoms with Crippen molar-refractivity contribution in [3.63, 3.8) is 0 Å². The van der Waals surface area contributed by atoms with Gasteiger partial charge in [-0.2, -0.15) is 0 Å². The third-order valence-electron chi connectivity index (χ3n) is 9.92. The summed E-state index contributed by atoms with van der Waals surface area (Å²) in [7, 11) is 0. The van der Waals surface area contributed by atoms with Gasteiger partial charge in [-0.3, -0.25) is 0 Å². The van der Waals surface area contributed by atoms with Gasteiger partial charge in [0.15, 0.2) is 0 Å². The Balaban J connectivity index is 1.25. The topological polar surface area (TPSA) is 3.24 Å². The average molecular weight is 520 g/mol. The number of para-hydroxylation sites is 1. The van der Waals surface area contributed by atoms with E-state index < -0.39 is 0 Å². The average Bonchev–Trinajstić information content (AvgIpc) is 3.75. The number of benzene rings is 5. The summed E-state index contributed by atoms with van der Waals surface area (Å²) in [5, 5.41) is 2.70. The van der Waals surface area contributed by atoms with E-state index in [1.54, 1.807) is 11.1 Å². The maximum atomic E-state index is 2.55. The smallest absolute Gasteiger partial charge is 0.0476 e. The van der Waals surface area contributed by atoms with Crippen LogP contribution in [0.1, 0.15) is 36.8 Å². The molecule has 2 saturated carbocycles. The molecule has 1 nitrogen and oxygen atoms in total. The van der Waals surface area contributed by atoms with Crippen LogP contribution < -0.4 is 4.90 Å². The van der Waals surface area contributed by atoms with Gasteiger partial charge in [-0.15, -0.1) is 11.3 Å². The summed E-state index contributed by atoms with van der Waals surface area (Å²) in [6.07, 6.45) is 5.48. The van der Waals surface area contributed by atoms with E-state index >= 15 is 0 Å². The summed E-state index contributed by atoms with van der Waals surface area (Å²) in [5.74, 6) is 1.64. The minimum absolute atomic E-state index is 0.183. The zero-order chi connectivity index (χ0) is 25.6. The minimum Gasteiger partial charge on any atom is -0.310 e. The highest BCUT2D eigenvalue weighted by Gasteiger charge is 2.56. The molecule has 9 rings (SSSR count). The maximum Gasteiger partial charge on any atom is 0.0476 e. The predicted molar refractivity (Wildman–Crippen MR) is 166 cm³/mol. The van der Waals surface area contributed by atoms with Crippen molar-refractivity contribution in [1.82, 2.24) is 0 Å². The van der Waals surface area contributed by atoms with E-state index in [1.165, 1.54) is 74.0 Å². The highest BCUT2D eigenvalue weighted by molar-refractivity contribution is 7.25. The lowest BCUT2D eigenvalue weighted by molar-refractivity contribution is 0.327. The zero-order valence-electron chi connectivity index (χ0n) is 21.8. The molecule has 1 heterocycles. The Morgan fingerprint density at radius 2 is 1.33 bits per heavy atom. The zero-order valence-corrected chi connectivity index (χ0v) is 22.6. The van der Waals surface area contributed by atoms with E-state index in [-0.39, 0.29) is 5.41 Å². The lowest BCUT2D eigenvalue weighted by Crippen LogP contribution is -2.31. The summed E-state index contributed by atoms with van der Waals surface area (Å²) >= 11 is 1.89. The molecule has 188 valence electrons. The van der Waals surface area contributed by atoms with Gasteiger partial charge < -0.3 is 4.90 Å². The van der Waals surface area contributed by atoms with Gasteiger partial charge in [-0.05, 0) is 95.8 Å². The maximum absolute atomic E-state index is 2.55. The molecule has 6 aromatic rings. The number of hydrogen-bond acceptors (Lipinski definition) is 2. The molecule has 3 unspecified atom stereocenters. The van der Waals surface area contributed by atoms with Crippen LogP contribution in [0.5, 0.6) is 0 Å². The van der Waals surface area contributed by atoms with Gasteiger partial charge in [0.25, 0.3) is 0 Å². The Morgan fingerprint density at radius 1 is 0.590 bits per heavy atom. The number of anilines is 3. The summed E-state index contributed by atoms with van der Waals surface area (Å²) in [6, 6.07) is 43.3. The molecule has 0 radical (unpaired) electrons. The molecular weight excluding hydrogens is 490 g/mol. The second kappa shape index (κ2) is 8.07. The Bertz CT molecular complexity index is 1900. The fraction of sp³-hybridized carbons (Fsp3) is 0.189. The van der Waals surface area contributed by atoms with Crippen LogP contribution in [0.25, 0.3) is 31.3 Å². The number of hydrogen-bond donors (Lipinski definition) is 0. The fourth-order valence-electron chi connectivity index (χ4n) is 8.40. The van der Waals surface area contributed by atoms with E-state index in [1.807, 2.05) is 11.3 Å². The van der Waals surface area contributed by atoms with E-state index in [9.17, 15) is 0 Å². The first-order valence-corrected chi connectivity index (χ1v) is 15.1. The third kappa shape index (κ3) is 3.01. The molecule has 2 fully saturated rings. The summed E-state index contributed by atoms with van der Waals surface area (Å²) in [5.41, 5.74) is 9.94. The quantitative estimate of drug-likeness (QED) is 0.225. The Labute approximate surface area is 233 Å². The van der Waals surface area contributed by atoms with Crippen LogP contribution in [0, 0.1) is 11.8 Å². The lowest BCUT2D eigenvalue weighted by Gasteiger charge is -2.37. The van der Waals surface area contributed by atoms with Crippen molar-refractivity contribution in [3.8, 4) is 11.1 Å². The van der Waals surface area contributed by atoms with Crippen molar-refractivity contribution in [2.24, 2.45) is 11.8 Å². The predicted octanol–water partition coefficient (Wildman–Crippen LogP) is 10.6. The summed E-state index contributed by atoms with van der Waals surface area (Å²) in [4.78, 5) is 2.47. The second-order valence-corrected chi connectivity index (χ2v) is 12.9. The van der Waals surface area contributed by atoms with Gasteiger partial charge in [0, 0.05) is 42.6 Å². The van der Waals surface area contributed by atoms with E-state index in [0.29, 0.717) is 0 Å². The number of rotatable bonds is 3. The van der Waals surface area contributed by atoms with Crippen molar-refractivity contribution < 1.29 is 0 Å². The molecule has 0 saturated heterocycles. The van der Waals surface area contributed by atoms with Crippen molar-refractivity contribution in [2.75, 3.05) is 4.90 Å². The van der Waals surface area contributed by atoms with Crippen molar-refractivity contribution in [2.45, 2.75) is 31.1 Å². The number of fused-ring (bicyclic) bond motifs is 11. The van der Waals surface area contributed by atoms with Gasteiger partial charge in [0.05, 0.1) is 0 Å². The van der Waals surface area contributed by atoms with Crippen molar-refractivity contribution in [3.05, 3.63) is 126 Å². The molecule has 0 N–H and O–H groups in total. The van der Waals surface area contributed by atoms with Crippen LogP contribution >= 0.6 is 11.3 Å². The molecule has 5 aromatic carbocycles. The van der Waals surface area contributed by atoms with Crippen molar-refractivity contribution in [1.29, 1.82) is 0 Å². The van der Waals surface area contributed by atoms with Crippen LogP contribution in [0.4, 0.5) is 17.1 Å². The molecular formula is C37H29NS. The van der Waals surface area contributed by atoms with Gasteiger partial charge in [-0.1, -0.05) is 79.2 Å². The SMILES string of the molecule is c1ccc(N(c2ccc3c(c2)C2(CC4CCC2C4)c2ccccc2-3)c2ccc3c(c2)sc2ccccc23)cc1. The normalized spacial score (nSPS) is 22.6. The first-order valence-electron chi connectivity index (χ1n) is 14.3. The Kier molecular flexibility index (Phi) is 4.55. The van der Waals surface area contributed by atoms with Gasteiger partial charge in [-0.25, -0.2) is 0 Å². The molecule has 2 bridgehead atoms. The van der Waals surface area contributed by atoms with Crippen LogP contribution in [0.15, 0.2) is 115 Å². The van der Waals surface area contributed by atoms with Gasteiger partial charge in [0.1, 0.15) is 0 Å². The standard InChI is InChI=1S/C37H29NS/c1-2-8-26(9-3-1)38(28-17-19-32-31-11-5-7-13-35(31)39-36(32)22-28)27-16-18-30-29-10-4-6-12-33(29)37(34(30)21-27)23-24-14-15-25(37)20-24/h1-13,16-19,21-22,24-25H,14-15,20,23H2. The van der Waals surface area contributed by atoms with Crippen molar-refractivity contribution >= 4 is 48.6 Å². The first-order chi connectivity index (χ1) is 19.3. The fourth-order valence-corrected chi connectivity index (χ4v) is 9.53. The Morgan fingerprint density at radius 3 is 2.21 bits per heavy atom. The molecule has 2 heteroatoms. The monoisotopic (exact) mass is 519 g/mol. The molecule has 3 atom stereocenters. The van der Waals surface area contributed by atoms with Crippen LogP contribution in [-0.2, 0) is 5.41 Å². The minimum atomic E-state index is 0.183. The lowest BCUT2D eigenvalue weighted by atomic mass is 9.67. The number of nitrogens with zero attached hydrogens (tertiary/aromatic N) is 1. The summed E-state index contributed by atoms with van der Waals surface area (Å²) < 4.78 is 2.69. The molecule has 39 heavy (non-hydrogen) atoms. The van der Waals surface area contributed by atoms with E-state index in [2.05, 4.69) is 120 Å². The van der Waals surface area contributed by atoms with Crippen LogP contribution in [-0.4, -0.2) is 0 Å². The van der Waals surface area contributed by atoms with E-state index in [0.717, 1.165) is 11.8 Å². The highest BCUT2D eigenvalue weighted by Crippen LogP contribution is 2.66. The first kappa shape index (κ1) is 22.0. The third-order valence-corrected chi connectivity index (χ3v) is 11.1. The second-order valence-electron chi connectivity index (χ2n) is 11.8.